The maximum absolute atomic E-state index is 12.3. The van der Waals surface area contributed by atoms with E-state index in [9.17, 15) is 8.42 Å². The lowest BCUT2D eigenvalue weighted by Crippen LogP contribution is -2.27. The molecule has 0 amide bonds. The fourth-order valence-corrected chi connectivity index (χ4v) is 2.67. The lowest BCUT2D eigenvalue weighted by atomic mass is 9.82. The normalized spacial score (nSPS) is 14.3. The van der Waals surface area contributed by atoms with Crippen molar-refractivity contribution >= 4 is 15.7 Å². The van der Waals surface area contributed by atoms with Crippen LogP contribution in [0, 0.1) is 11.3 Å². The largest absolute Gasteiger partial charge is 0.384 e. The van der Waals surface area contributed by atoms with Crippen molar-refractivity contribution in [2.24, 2.45) is 11.3 Å². The van der Waals surface area contributed by atoms with Crippen molar-refractivity contribution in [3.8, 4) is 0 Å². The Kier molecular flexibility index (Phi) is 5.21. The van der Waals surface area contributed by atoms with Gasteiger partial charge in [-0.3, -0.25) is 0 Å². The molecular formula is C15H26N2O2S. The Labute approximate surface area is 123 Å². The molecule has 0 heterocycles. The van der Waals surface area contributed by atoms with E-state index in [-0.39, 0.29) is 5.41 Å². The minimum Gasteiger partial charge on any atom is -0.384 e. The lowest BCUT2D eigenvalue weighted by Gasteiger charge is -2.28. The van der Waals surface area contributed by atoms with Crippen LogP contribution in [0.4, 0.5) is 5.69 Å². The summed E-state index contributed by atoms with van der Waals surface area (Å²) >= 11 is 0. The monoisotopic (exact) mass is 298 g/mol. The summed E-state index contributed by atoms with van der Waals surface area (Å²) in [5.41, 5.74) is 0.847. The number of rotatable bonds is 5. The molecular weight excluding hydrogens is 272 g/mol. The third-order valence-electron chi connectivity index (χ3n) is 3.72. The number of nitrogens with one attached hydrogen (secondary N) is 1. The first-order chi connectivity index (χ1) is 9.06. The van der Waals surface area contributed by atoms with E-state index in [1.165, 1.54) is 4.31 Å². The van der Waals surface area contributed by atoms with Crippen molar-refractivity contribution in [2.45, 2.75) is 32.6 Å². The molecule has 0 aliphatic rings. The molecule has 0 saturated carbocycles. The van der Waals surface area contributed by atoms with Crippen molar-refractivity contribution in [2.75, 3.05) is 26.0 Å². The molecule has 1 atom stereocenters. The Morgan fingerprint density at radius 2 is 1.75 bits per heavy atom. The van der Waals surface area contributed by atoms with Crippen molar-refractivity contribution in [1.29, 1.82) is 0 Å². The van der Waals surface area contributed by atoms with Gasteiger partial charge in [-0.2, -0.15) is 0 Å². The van der Waals surface area contributed by atoms with E-state index in [4.69, 9.17) is 0 Å². The minimum atomic E-state index is -3.42. The summed E-state index contributed by atoms with van der Waals surface area (Å²) in [4.78, 5) is 0.325. The van der Waals surface area contributed by atoms with E-state index >= 15 is 0 Å². The summed E-state index contributed by atoms with van der Waals surface area (Å²) in [6, 6.07) is 7.04. The van der Waals surface area contributed by atoms with E-state index in [0.717, 1.165) is 6.54 Å². The molecule has 1 aromatic rings. The molecule has 114 valence electrons. The van der Waals surface area contributed by atoms with Crippen molar-refractivity contribution in [1.82, 2.24) is 4.31 Å². The van der Waals surface area contributed by atoms with Gasteiger partial charge in [-0.25, -0.2) is 12.7 Å². The Bertz CT molecular complexity index is 545. The molecule has 1 unspecified atom stereocenters. The highest BCUT2D eigenvalue weighted by Gasteiger charge is 2.23. The van der Waals surface area contributed by atoms with Gasteiger partial charge in [-0.15, -0.1) is 0 Å². The summed E-state index contributed by atoms with van der Waals surface area (Å²) in [5.74, 6) is 0.428. The van der Waals surface area contributed by atoms with Gasteiger partial charge in [0.05, 0.1) is 5.69 Å². The van der Waals surface area contributed by atoms with E-state index in [2.05, 4.69) is 33.0 Å². The van der Waals surface area contributed by atoms with E-state index < -0.39 is 10.0 Å². The molecule has 20 heavy (non-hydrogen) atoms. The number of benzene rings is 1. The van der Waals surface area contributed by atoms with Crippen LogP contribution < -0.4 is 5.32 Å². The van der Waals surface area contributed by atoms with Crippen LogP contribution >= 0.6 is 0 Å². The molecule has 1 rings (SSSR count). The van der Waals surface area contributed by atoms with Crippen LogP contribution in [0.3, 0.4) is 0 Å². The Hall–Kier alpha value is -1.07. The highest BCUT2D eigenvalue weighted by atomic mass is 32.2. The molecule has 0 aliphatic heterocycles. The van der Waals surface area contributed by atoms with E-state index in [0.29, 0.717) is 16.5 Å². The van der Waals surface area contributed by atoms with Crippen LogP contribution in [0.1, 0.15) is 27.7 Å². The molecule has 0 aromatic heterocycles. The number of anilines is 1. The zero-order valence-corrected chi connectivity index (χ0v) is 14.1. The van der Waals surface area contributed by atoms with Crippen LogP contribution in [-0.4, -0.2) is 33.4 Å². The predicted molar refractivity (Wildman–Crippen MR) is 84.4 cm³/mol. The fourth-order valence-electron chi connectivity index (χ4n) is 1.60. The summed E-state index contributed by atoms with van der Waals surface area (Å²) in [6.07, 6.45) is 0. The smallest absolute Gasteiger partial charge is 0.244 e. The van der Waals surface area contributed by atoms with Crippen molar-refractivity contribution in [3.05, 3.63) is 24.3 Å². The number of sulfonamides is 1. The summed E-state index contributed by atoms with van der Waals surface area (Å²) in [7, 11) is -0.329. The third-order valence-corrected chi connectivity index (χ3v) is 5.60. The second-order valence-corrected chi connectivity index (χ2v) is 8.55. The first kappa shape index (κ1) is 17.0. The van der Waals surface area contributed by atoms with Gasteiger partial charge >= 0.3 is 0 Å². The summed E-state index contributed by atoms with van der Waals surface area (Å²) in [6.45, 7) is 9.45. The standard InChI is InChI=1S/C15H26N2O2S/c1-12(15(2,3)4)11-16-13-9-7-8-10-14(13)20(18,19)17(5)6/h7-10,12,16H,11H2,1-6H3. The van der Waals surface area contributed by atoms with Crippen molar-refractivity contribution in [3.63, 3.8) is 0 Å². The Morgan fingerprint density at radius 3 is 2.25 bits per heavy atom. The second kappa shape index (κ2) is 6.14. The van der Waals surface area contributed by atoms with Crippen LogP contribution in [0.15, 0.2) is 29.2 Å². The van der Waals surface area contributed by atoms with E-state index in [1.807, 2.05) is 12.1 Å². The van der Waals surface area contributed by atoms with Gasteiger partial charge in [0.15, 0.2) is 0 Å². The highest BCUT2D eigenvalue weighted by Crippen LogP contribution is 2.27. The molecule has 1 N–H and O–H groups in total. The molecule has 1 aromatic carbocycles. The number of nitrogens with zero attached hydrogens (tertiary/aromatic N) is 1. The maximum Gasteiger partial charge on any atom is 0.244 e. The summed E-state index contributed by atoms with van der Waals surface area (Å²) in [5, 5.41) is 3.27. The quantitative estimate of drug-likeness (QED) is 0.909. The number of hydrogen-bond donors (Lipinski definition) is 1. The molecule has 0 fully saturated rings. The second-order valence-electron chi connectivity index (χ2n) is 6.43. The molecule has 0 spiro atoms. The van der Waals surface area contributed by atoms with Crippen LogP contribution in [-0.2, 0) is 10.0 Å². The fraction of sp³-hybridized carbons (Fsp3) is 0.600. The Morgan fingerprint density at radius 1 is 1.20 bits per heavy atom. The predicted octanol–water partition coefficient (Wildman–Crippen LogP) is 3.03. The van der Waals surface area contributed by atoms with Gasteiger partial charge in [-0.1, -0.05) is 39.8 Å². The molecule has 4 nitrogen and oxygen atoms in total. The van der Waals surface area contributed by atoms with Gasteiger partial charge in [0.2, 0.25) is 10.0 Å². The summed E-state index contributed by atoms with van der Waals surface area (Å²) < 4.78 is 25.8. The van der Waals surface area contributed by atoms with Crippen LogP contribution in [0.2, 0.25) is 0 Å². The molecule has 0 radical (unpaired) electrons. The number of hydrogen-bond acceptors (Lipinski definition) is 3. The topological polar surface area (TPSA) is 49.4 Å². The number of para-hydroxylation sites is 1. The maximum atomic E-state index is 12.3. The Balaban J connectivity index is 2.99. The van der Waals surface area contributed by atoms with Gasteiger partial charge in [0.1, 0.15) is 4.90 Å². The van der Waals surface area contributed by atoms with Crippen molar-refractivity contribution < 1.29 is 8.42 Å². The van der Waals surface area contributed by atoms with Gasteiger partial charge < -0.3 is 5.32 Å². The average molecular weight is 298 g/mol. The van der Waals surface area contributed by atoms with Crippen LogP contribution in [0.25, 0.3) is 0 Å². The first-order valence-corrected chi connectivity index (χ1v) is 8.26. The first-order valence-electron chi connectivity index (χ1n) is 6.82. The molecule has 0 saturated heterocycles. The SMILES string of the molecule is CC(CNc1ccccc1S(=O)(=O)N(C)C)C(C)(C)C. The zero-order valence-electron chi connectivity index (χ0n) is 13.3. The third kappa shape index (κ3) is 3.96. The van der Waals surface area contributed by atoms with Gasteiger partial charge in [0, 0.05) is 20.6 Å². The zero-order chi connectivity index (χ0) is 15.6. The van der Waals surface area contributed by atoms with Gasteiger partial charge in [0.25, 0.3) is 0 Å². The molecule has 5 heteroatoms. The minimum absolute atomic E-state index is 0.183. The van der Waals surface area contributed by atoms with Gasteiger partial charge in [-0.05, 0) is 23.5 Å². The van der Waals surface area contributed by atoms with E-state index in [1.54, 1.807) is 26.2 Å². The highest BCUT2D eigenvalue weighted by molar-refractivity contribution is 7.89. The molecule has 0 bridgehead atoms. The lowest BCUT2D eigenvalue weighted by molar-refractivity contribution is 0.274. The molecule has 0 aliphatic carbocycles. The average Bonchev–Trinajstić information content (AvgIpc) is 2.34. The van der Waals surface area contributed by atoms with Crippen LogP contribution in [0.5, 0.6) is 0 Å².